The van der Waals surface area contributed by atoms with E-state index in [1.165, 1.54) is 29.7 Å². The number of ether oxygens (including phenoxy) is 1. The molecule has 0 bridgehead atoms. The number of hydrogen-bond donors (Lipinski definition) is 2. The van der Waals surface area contributed by atoms with Crippen molar-refractivity contribution in [2.24, 2.45) is 12.0 Å². The smallest absolute Gasteiger partial charge is 0.191 e. The minimum Gasteiger partial charge on any atom is -0.493 e. The third-order valence-corrected chi connectivity index (χ3v) is 5.22. The first-order chi connectivity index (χ1) is 14.0. The molecule has 6 heteroatoms. The lowest BCUT2D eigenvalue weighted by atomic mass is 10.1. The molecule has 0 saturated carbocycles. The lowest BCUT2D eigenvalue weighted by molar-refractivity contribution is 0.303. The minimum absolute atomic E-state index is 0.675. The lowest BCUT2D eigenvalue weighted by Crippen LogP contribution is -2.38. The average molecular weight is 400 g/mol. The number of nitrogens with one attached hydrogen (secondary N) is 2. The van der Waals surface area contributed by atoms with Gasteiger partial charge in [0, 0.05) is 38.4 Å². The van der Waals surface area contributed by atoms with Crippen LogP contribution in [0, 0.1) is 20.8 Å². The number of aryl methyl sites for hydroxylation is 3. The standard InChI is InChI=1S/C23H37N5O/c1-7-8-9-14-29-22-15-17(2)10-11-20(22)16-26-23(24-5)25-13-12-21-18(3)27-28(6)19(21)4/h10-11,15H,7-9,12-14,16H2,1-6H3,(H2,24,25,26). The third-order valence-electron chi connectivity index (χ3n) is 5.22. The maximum atomic E-state index is 6.04. The number of rotatable bonds is 10. The number of aliphatic imine (C=N–C) groups is 1. The van der Waals surface area contributed by atoms with E-state index in [1.807, 2.05) is 11.7 Å². The fourth-order valence-electron chi connectivity index (χ4n) is 3.36. The molecule has 2 rings (SSSR count). The molecule has 29 heavy (non-hydrogen) atoms. The van der Waals surface area contributed by atoms with Gasteiger partial charge in [0.05, 0.1) is 12.3 Å². The van der Waals surface area contributed by atoms with E-state index in [2.05, 4.69) is 66.6 Å². The van der Waals surface area contributed by atoms with Crippen molar-refractivity contribution in [1.82, 2.24) is 20.4 Å². The van der Waals surface area contributed by atoms with E-state index in [0.717, 1.165) is 49.0 Å². The Morgan fingerprint density at radius 2 is 1.97 bits per heavy atom. The van der Waals surface area contributed by atoms with Crippen molar-refractivity contribution in [3.8, 4) is 5.75 Å². The molecule has 0 spiro atoms. The average Bonchev–Trinajstić information content (AvgIpc) is 2.94. The Bertz CT molecular complexity index is 810. The predicted octanol–water partition coefficient (Wildman–Crippen LogP) is 3.82. The molecule has 0 aliphatic heterocycles. The normalized spacial score (nSPS) is 11.6. The largest absolute Gasteiger partial charge is 0.493 e. The van der Waals surface area contributed by atoms with Crippen LogP contribution in [0.2, 0.25) is 0 Å². The summed E-state index contributed by atoms with van der Waals surface area (Å²) < 4.78 is 7.99. The molecular weight excluding hydrogens is 362 g/mol. The highest BCUT2D eigenvalue weighted by Crippen LogP contribution is 2.21. The number of nitrogens with zero attached hydrogens (tertiary/aromatic N) is 3. The number of unbranched alkanes of at least 4 members (excludes halogenated alkanes) is 2. The van der Waals surface area contributed by atoms with Crippen molar-refractivity contribution in [2.45, 2.75) is 59.9 Å². The van der Waals surface area contributed by atoms with Gasteiger partial charge >= 0.3 is 0 Å². The molecule has 0 unspecified atom stereocenters. The van der Waals surface area contributed by atoms with Gasteiger partial charge in [0.25, 0.3) is 0 Å². The van der Waals surface area contributed by atoms with Gasteiger partial charge in [-0.2, -0.15) is 5.10 Å². The summed E-state index contributed by atoms with van der Waals surface area (Å²) in [6.45, 7) is 10.7. The molecule has 2 N–H and O–H groups in total. The molecule has 160 valence electrons. The van der Waals surface area contributed by atoms with Crippen molar-refractivity contribution in [3.63, 3.8) is 0 Å². The lowest BCUT2D eigenvalue weighted by Gasteiger charge is -2.15. The number of hydrogen-bond acceptors (Lipinski definition) is 3. The van der Waals surface area contributed by atoms with Crippen LogP contribution in [0.1, 0.15) is 54.3 Å². The molecule has 1 heterocycles. The van der Waals surface area contributed by atoms with Gasteiger partial charge < -0.3 is 15.4 Å². The minimum atomic E-state index is 0.675. The van der Waals surface area contributed by atoms with E-state index in [0.29, 0.717) is 6.54 Å². The van der Waals surface area contributed by atoms with Gasteiger partial charge in [-0.3, -0.25) is 9.67 Å². The van der Waals surface area contributed by atoms with Crippen LogP contribution in [0.4, 0.5) is 0 Å². The highest BCUT2D eigenvalue weighted by Gasteiger charge is 2.10. The topological polar surface area (TPSA) is 63.5 Å². The second-order valence-electron chi connectivity index (χ2n) is 7.54. The van der Waals surface area contributed by atoms with Gasteiger partial charge in [-0.05, 0) is 50.8 Å². The van der Waals surface area contributed by atoms with E-state index in [1.54, 1.807) is 7.05 Å². The van der Waals surface area contributed by atoms with Gasteiger partial charge in [-0.25, -0.2) is 0 Å². The highest BCUT2D eigenvalue weighted by molar-refractivity contribution is 5.79. The molecule has 0 radical (unpaired) electrons. The first kappa shape index (κ1) is 22.8. The van der Waals surface area contributed by atoms with E-state index in [9.17, 15) is 0 Å². The summed E-state index contributed by atoms with van der Waals surface area (Å²) >= 11 is 0. The maximum absolute atomic E-state index is 6.04. The molecule has 0 fully saturated rings. The Kier molecular flexibility index (Phi) is 9.03. The fraction of sp³-hybridized carbons (Fsp3) is 0.565. The SMILES string of the molecule is CCCCCOc1cc(C)ccc1CNC(=NC)NCCc1c(C)nn(C)c1C. The molecule has 0 atom stereocenters. The second-order valence-corrected chi connectivity index (χ2v) is 7.54. The first-order valence-electron chi connectivity index (χ1n) is 10.6. The van der Waals surface area contributed by atoms with Crippen LogP contribution in [0.15, 0.2) is 23.2 Å². The van der Waals surface area contributed by atoms with Crippen molar-refractivity contribution in [3.05, 3.63) is 46.3 Å². The summed E-state index contributed by atoms with van der Waals surface area (Å²) in [6.07, 6.45) is 4.41. The molecule has 0 saturated heterocycles. The Labute approximate surface area is 175 Å². The maximum Gasteiger partial charge on any atom is 0.191 e. The summed E-state index contributed by atoms with van der Waals surface area (Å²) in [5.74, 6) is 1.76. The summed E-state index contributed by atoms with van der Waals surface area (Å²) in [7, 11) is 3.79. The third kappa shape index (κ3) is 6.80. The molecule has 0 aliphatic rings. The summed E-state index contributed by atoms with van der Waals surface area (Å²) in [5.41, 5.74) is 5.98. The summed E-state index contributed by atoms with van der Waals surface area (Å²) in [5, 5.41) is 11.3. The zero-order chi connectivity index (χ0) is 21.2. The van der Waals surface area contributed by atoms with Gasteiger partial charge in [0.1, 0.15) is 5.75 Å². The van der Waals surface area contributed by atoms with Gasteiger partial charge in [0.15, 0.2) is 5.96 Å². The molecule has 6 nitrogen and oxygen atoms in total. The van der Waals surface area contributed by atoms with E-state index in [4.69, 9.17) is 4.74 Å². The predicted molar refractivity (Wildman–Crippen MR) is 121 cm³/mol. The molecule has 1 aromatic carbocycles. The van der Waals surface area contributed by atoms with Crippen LogP contribution in [0.5, 0.6) is 5.75 Å². The van der Waals surface area contributed by atoms with Crippen LogP contribution in [-0.2, 0) is 20.0 Å². The Balaban J connectivity index is 1.88. The molecule has 0 amide bonds. The van der Waals surface area contributed by atoms with Crippen LogP contribution < -0.4 is 15.4 Å². The van der Waals surface area contributed by atoms with Crippen molar-refractivity contribution in [1.29, 1.82) is 0 Å². The fourth-order valence-corrected chi connectivity index (χ4v) is 3.36. The van der Waals surface area contributed by atoms with E-state index < -0.39 is 0 Å². The van der Waals surface area contributed by atoms with E-state index >= 15 is 0 Å². The number of benzene rings is 1. The van der Waals surface area contributed by atoms with Gasteiger partial charge in [-0.1, -0.05) is 31.9 Å². The van der Waals surface area contributed by atoms with E-state index in [-0.39, 0.29) is 0 Å². The molecular formula is C23H37N5O. The summed E-state index contributed by atoms with van der Waals surface area (Å²) in [6, 6.07) is 6.38. The van der Waals surface area contributed by atoms with Crippen LogP contribution in [-0.4, -0.2) is 35.9 Å². The number of aromatic nitrogens is 2. The zero-order valence-corrected chi connectivity index (χ0v) is 18.9. The van der Waals surface area contributed by atoms with Crippen LogP contribution >= 0.6 is 0 Å². The number of guanidine groups is 1. The van der Waals surface area contributed by atoms with Crippen molar-refractivity contribution in [2.75, 3.05) is 20.2 Å². The van der Waals surface area contributed by atoms with Crippen LogP contribution in [0.25, 0.3) is 0 Å². The Morgan fingerprint density at radius 3 is 2.62 bits per heavy atom. The molecule has 0 aliphatic carbocycles. The quantitative estimate of drug-likeness (QED) is 0.362. The van der Waals surface area contributed by atoms with Crippen LogP contribution in [0.3, 0.4) is 0 Å². The zero-order valence-electron chi connectivity index (χ0n) is 18.9. The Morgan fingerprint density at radius 1 is 1.17 bits per heavy atom. The monoisotopic (exact) mass is 399 g/mol. The van der Waals surface area contributed by atoms with Gasteiger partial charge in [-0.15, -0.1) is 0 Å². The van der Waals surface area contributed by atoms with Gasteiger partial charge in [0.2, 0.25) is 0 Å². The first-order valence-corrected chi connectivity index (χ1v) is 10.6. The highest BCUT2D eigenvalue weighted by atomic mass is 16.5. The van der Waals surface area contributed by atoms with Crippen molar-refractivity contribution >= 4 is 5.96 Å². The second kappa shape index (κ2) is 11.5. The summed E-state index contributed by atoms with van der Waals surface area (Å²) in [4.78, 5) is 4.35. The molecule has 2 aromatic rings. The Hall–Kier alpha value is -2.50. The molecule has 1 aromatic heterocycles. The van der Waals surface area contributed by atoms with Crippen molar-refractivity contribution < 1.29 is 4.74 Å².